The first kappa shape index (κ1) is 20.9. The van der Waals surface area contributed by atoms with Gasteiger partial charge in [0.25, 0.3) is 17.3 Å². The van der Waals surface area contributed by atoms with Crippen LogP contribution < -0.4 is 0 Å². The Balaban J connectivity index is 1.45. The molecule has 0 radical (unpaired) electrons. The molecule has 4 heterocycles. The zero-order valence-corrected chi connectivity index (χ0v) is 19.7. The fourth-order valence-electron chi connectivity index (χ4n) is 4.32. The number of nitriles is 1. The maximum absolute atomic E-state index is 9.13. The van der Waals surface area contributed by atoms with Crippen molar-refractivity contribution >= 4 is 17.3 Å². The summed E-state index contributed by atoms with van der Waals surface area (Å²) < 4.78 is 4.93. The van der Waals surface area contributed by atoms with E-state index in [2.05, 4.69) is 40.4 Å². The van der Waals surface area contributed by atoms with Crippen molar-refractivity contribution in [2.45, 2.75) is 13.3 Å². The first-order chi connectivity index (χ1) is 18.2. The van der Waals surface area contributed by atoms with E-state index in [1.165, 1.54) is 0 Å². The number of rotatable bonds is 4. The van der Waals surface area contributed by atoms with Gasteiger partial charge < -0.3 is 0 Å². The van der Waals surface area contributed by atoms with Crippen molar-refractivity contribution in [2.75, 3.05) is 0 Å². The summed E-state index contributed by atoms with van der Waals surface area (Å²) >= 11 is 0. The summed E-state index contributed by atoms with van der Waals surface area (Å²) in [6, 6.07) is 27.6. The molecule has 0 amide bonds. The lowest BCUT2D eigenvalue weighted by molar-refractivity contribution is 0.809. The highest BCUT2D eigenvalue weighted by Gasteiger charge is 2.21. The summed E-state index contributed by atoms with van der Waals surface area (Å²) in [6.07, 6.45) is 0.659. The van der Waals surface area contributed by atoms with Gasteiger partial charge in [-0.05, 0) is 41.5 Å². The smallest absolute Gasteiger partial charge is 0.194 e. The minimum absolute atomic E-state index is 0.467. The van der Waals surface area contributed by atoms with E-state index in [4.69, 9.17) is 25.4 Å². The third kappa shape index (κ3) is 3.33. The number of benzene rings is 3. The molecule has 0 unspecified atom stereocenters. The maximum Gasteiger partial charge on any atom is 0.260 e. The summed E-state index contributed by atoms with van der Waals surface area (Å²) in [7, 11) is 0. The summed E-state index contributed by atoms with van der Waals surface area (Å²) in [5, 5.41) is 23.3. The van der Waals surface area contributed by atoms with E-state index in [0.29, 0.717) is 46.8 Å². The molecule has 10 nitrogen and oxygen atoms in total. The third-order valence-electron chi connectivity index (χ3n) is 6.20. The topological polar surface area (TPSA) is 114 Å². The van der Waals surface area contributed by atoms with Gasteiger partial charge in [0.1, 0.15) is 0 Å². The van der Waals surface area contributed by atoms with Gasteiger partial charge in [-0.15, -0.1) is 15.3 Å². The summed E-state index contributed by atoms with van der Waals surface area (Å²) in [5.41, 5.74) is 4.42. The van der Waals surface area contributed by atoms with Gasteiger partial charge in [-0.1, -0.05) is 55.5 Å². The second-order valence-electron chi connectivity index (χ2n) is 8.52. The molecular weight excluding hydrogens is 464 g/mol. The van der Waals surface area contributed by atoms with E-state index in [1.54, 1.807) is 25.7 Å². The normalized spacial score (nSPS) is 11.5. The monoisotopic (exact) mass is 482 g/mol. The molecule has 7 rings (SSSR count). The molecule has 0 saturated carbocycles. The molecule has 0 spiro atoms. The van der Waals surface area contributed by atoms with Gasteiger partial charge in [0.2, 0.25) is 0 Å². The Labute approximate surface area is 210 Å². The molecule has 0 aliphatic rings. The number of nitrogens with zero attached hydrogens (tertiary/aromatic N) is 10. The van der Waals surface area contributed by atoms with Crippen LogP contribution in [0.1, 0.15) is 18.3 Å². The molecule has 176 valence electrons. The number of hydrogen-bond acceptors (Lipinski definition) is 7. The van der Waals surface area contributed by atoms with Gasteiger partial charge >= 0.3 is 0 Å². The van der Waals surface area contributed by atoms with Crippen LogP contribution in [-0.2, 0) is 6.42 Å². The van der Waals surface area contributed by atoms with Crippen molar-refractivity contribution in [3.05, 3.63) is 90.3 Å². The van der Waals surface area contributed by atoms with Gasteiger partial charge in [0.15, 0.2) is 17.5 Å². The molecule has 0 saturated heterocycles. The van der Waals surface area contributed by atoms with Crippen LogP contribution >= 0.6 is 0 Å². The average molecular weight is 483 g/mol. The Bertz CT molecular complexity index is 1970. The molecular formula is C27H18N10. The van der Waals surface area contributed by atoms with Gasteiger partial charge in [-0.3, -0.25) is 0 Å². The number of aryl methyl sites for hydroxylation is 1. The fraction of sp³-hybridized carbons (Fsp3) is 0.0741. The van der Waals surface area contributed by atoms with Crippen LogP contribution in [0.4, 0.5) is 0 Å². The highest BCUT2D eigenvalue weighted by Crippen LogP contribution is 2.26. The number of hydrogen-bond donors (Lipinski definition) is 0. The van der Waals surface area contributed by atoms with E-state index in [1.807, 2.05) is 49.4 Å². The van der Waals surface area contributed by atoms with Crippen LogP contribution in [0.5, 0.6) is 0 Å². The first-order valence-electron chi connectivity index (χ1n) is 11.8. The lowest BCUT2D eigenvalue weighted by Gasteiger charge is -2.02. The largest absolute Gasteiger partial charge is 0.260 e. The molecule has 3 aromatic carbocycles. The second kappa shape index (κ2) is 8.07. The Morgan fingerprint density at radius 2 is 1.22 bits per heavy atom. The third-order valence-corrected chi connectivity index (χ3v) is 6.20. The lowest BCUT2D eigenvalue weighted by atomic mass is 10.0. The lowest BCUT2D eigenvalue weighted by Crippen LogP contribution is -2.06. The van der Waals surface area contributed by atoms with Crippen LogP contribution in [0.25, 0.3) is 51.2 Å². The number of aromatic nitrogens is 9. The molecule has 0 bridgehead atoms. The SMILES string of the molecule is CCc1nc2n(n1)c1nc(-c3cccc(-c4ccccc4)c3)nn1c1nc(-c3ccc(C#N)cc3)nn21. The molecule has 0 N–H and O–H groups in total. The van der Waals surface area contributed by atoms with Crippen LogP contribution in [0.2, 0.25) is 0 Å². The van der Waals surface area contributed by atoms with Crippen molar-refractivity contribution < 1.29 is 0 Å². The molecule has 0 atom stereocenters. The maximum atomic E-state index is 9.13. The van der Waals surface area contributed by atoms with Gasteiger partial charge in [0, 0.05) is 17.5 Å². The molecule has 0 fully saturated rings. The van der Waals surface area contributed by atoms with Crippen LogP contribution in [0.3, 0.4) is 0 Å². The Morgan fingerprint density at radius 3 is 1.89 bits per heavy atom. The van der Waals surface area contributed by atoms with Crippen molar-refractivity contribution in [3.8, 4) is 40.0 Å². The van der Waals surface area contributed by atoms with Crippen molar-refractivity contribution in [1.29, 1.82) is 5.26 Å². The molecule has 4 aromatic heterocycles. The predicted octanol–water partition coefficient (Wildman–Crippen LogP) is 4.25. The standard InChI is InChI=1S/C27H18N10/c1-2-22-29-25-35(32-22)26-31-24(21-10-6-9-20(15-21)18-7-4-3-5-8-18)34-37(26)27-30-23(33-36(25)27)19-13-11-17(16-28)12-14-19/h3-15H,2H2,1H3. The van der Waals surface area contributed by atoms with E-state index < -0.39 is 0 Å². The Hall–Kier alpha value is -5.43. The summed E-state index contributed by atoms with van der Waals surface area (Å²) in [6.45, 7) is 2.00. The summed E-state index contributed by atoms with van der Waals surface area (Å²) in [4.78, 5) is 14.3. The molecule has 0 aliphatic heterocycles. The van der Waals surface area contributed by atoms with Crippen LogP contribution in [0, 0.1) is 11.3 Å². The first-order valence-corrected chi connectivity index (χ1v) is 11.8. The van der Waals surface area contributed by atoms with Gasteiger partial charge in [-0.25, -0.2) is 0 Å². The highest BCUT2D eigenvalue weighted by atomic mass is 15.5. The quantitative estimate of drug-likeness (QED) is 0.368. The predicted molar refractivity (Wildman–Crippen MR) is 136 cm³/mol. The van der Waals surface area contributed by atoms with E-state index in [-0.39, 0.29) is 0 Å². The molecule has 7 aromatic rings. The van der Waals surface area contributed by atoms with Crippen LogP contribution in [-0.4, -0.2) is 43.8 Å². The fourth-order valence-corrected chi connectivity index (χ4v) is 4.32. The van der Waals surface area contributed by atoms with Crippen LogP contribution in [0.15, 0.2) is 78.9 Å². The molecule has 0 aliphatic carbocycles. The highest BCUT2D eigenvalue weighted by molar-refractivity contribution is 5.71. The second-order valence-corrected chi connectivity index (χ2v) is 8.52. The Morgan fingerprint density at radius 1 is 0.622 bits per heavy atom. The molecule has 10 heteroatoms. The van der Waals surface area contributed by atoms with Crippen molar-refractivity contribution in [2.24, 2.45) is 0 Å². The number of fused-ring (bicyclic) bond motifs is 6. The minimum atomic E-state index is 0.467. The molecule has 37 heavy (non-hydrogen) atoms. The van der Waals surface area contributed by atoms with E-state index in [9.17, 15) is 0 Å². The zero-order chi connectivity index (χ0) is 24.9. The van der Waals surface area contributed by atoms with Crippen molar-refractivity contribution in [1.82, 2.24) is 43.8 Å². The van der Waals surface area contributed by atoms with Gasteiger partial charge in [0.05, 0.1) is 11.6 Å². The zero-order valence-electron chi connectivity index (χ0n) is 19.7. The van der Waals surface area contributed by atoms with Crippen molar-refractivity contribution in [3.63, 3.8) is 0 Å². The van der Waals surface area contributed by atoms with Gasteiger partial charge in [-0.2, -0.15) is 33.8 Å². The van der Waals surface area contributed by atoms with E-state index >= 15 is 0 Å². The summed E-state index contributed by atoms with van der Waals surface area (Å²) in [5.74, 6) is 3.17. The Kier molecular flexibility index (Phi) is 4.56. The average Bonchev–Trinajstić information content (AvgIpc) is 3.70. The minimum Gasteiger partial charge on any atom is -0.194 e. The van der Waals surface area contributed by atoms with E-state index in [0.717, 1.165) is 22.3 Å².